The number of likely N-dealkylation sites (N-methyl/N-ethyl adjacent to an activating group) is 1. The molecule has 2 fully saturated rings. The van der Waals surface area contributed by atoms with E-state index in [1.807, 2.05) is 4.90 Å². The molecule has 0 aromatic heterocycles. The van der Waals surface area contributed by atoms with Gasteiger partial charge in [0.2, 0.25) is 5.91 Å². The molecule has 6 nitrogen and oxygen atoms in total. The number of nitrogens with one attached hydrogen (secondary N) is 1. The van der Waals surface area contributed by atoms with E-state index in [2.05, 4.69) is 17.3 Å². The first-order valence-electron chi connectivity index (χ1n) is 9.23. The normalized spacial score (nSPS) is 21.6. The fraction of sp³-hybridized carbons (Fsp3) is 0.579. The molecule has 1 aromatic carbocycles. The molecule has 7 heteroatoms. The van der Waals surface area contributed by atoms with E-state index in [1.54, 1.807) is 24.0 Å². The number of carbonyl (C=O) groups is 2. The molecular weight excluding hydrogens is 335 g/mol. The Morgan fingerprint density at radius 1 is 1.12 bits per heavy atom. The molecule has 2 saturated heterocycles. The van der Waals surface area contributed by atoms with Crippen LogP contribution in [0.5, 0.6) is 0 Å². The van der Waals surface area contributed by atoms with E-state index in [0.717, 1.165) is 39.0 Å². The fourth-order valence-corrected chi connectivity index (χ4v) is 3.48. The van der Waals surface area contributed by atoms with Crippen LogP contribution in [0.1, 0.15) is 18.4 Å². The number of carbonyl (C=O) groups excluding carboxylic acids is 2. The minimum Gasteiger partial charge on any atom is -0.326 e. The Morgan fingerprint density at radius 2 is 1.85 bits per heavy atom. The van der Waals surface area contributed by atoms with Crippen LogP contribution < -0.4 is 5.32 Å². The number of rotatable bonds is 2. The standard InChI is InChI=1S/C19H27FN4O2/c1-14-5-6-16(12-17(14)20)21-18(25)15-4-3-7-24(13-15)19(26)23-10-8-22(2)9-11-23/h5-6,12,15H,3-4,7-11,13H2,1-2H3,(H,21,25)/t15-/m0/s1. The van der Waals surface area contributed by atoms with E-state index >= 15 is 0 Å². The second-order valence-electron chi connectivity index (χ2n) is 7.31. The first-order valence-corrected chi connectivity index (χ1v) is 9.23. The van der Waals surface area contributed by atoms with E-state index in [9.17, 15) is 14.0 Å². The lowest BCUT2D eigenvalue weighted by atomic mass is 9.97. The van der Waals surface area contributed by atoms with Crippen molar-refractivity contribution in [1.29, 1.82) is 0 Å². The van der Waals surface area contributed by atoms with Gasteiger partial charge in [-0.05, 0) is 44.5 Å². The summed E-state index contributed by atoms with van der Waals surface area (Å²) in [6, 6.07) is 4.71. The van der Waals surface area contributed by atoms with Crippen LogP contribution in [0.4, 0.5) is 14.9 Å². The van der Waals surface area contributed by atoms with Gasteiger partial charge in [-0.15, -0.1) is 0 Å². The highest BCUT2D eigenvalue weighted by atomic mass is 19.1. The molecule has 0 saturated carbocycles. The number of anilines is 1. The Labute approximate surface area is 153 Å². The number of likely N-dealkylation sites (tertiary alicyclic amines) is 1. The number of hydrogen-bond acceptors (Lipinski definition) is 3. The van der Waals surface area contributed by atoms with Crippen molar-refractivity contribution in [2.45, 2.75) is 19.8 Å². The fourth-order valence-electron chi connectivity index (χ4n) is 3.48. The average Bonchev–Trinajstić information content (AvgIpc) is 2.65. The zero-order valence-electron chi connectivity index (χ0n) is 15.5. The minimum absolute atomic E-state index is 0.0250. The molecule has 1 N–H and O–H groups in total. The summed E-state index contributed by atoms with van der Waals surface area (Å²) in [5.74, 6) is -0.744. The van der Waals surface area contributed by atoms with Crippen LogP contribution in [0.3, 0.4) is 0 Å². The van der Waals surface area contributed by atoms with Gasteiger partial charge >= 0.3 is 6.03 Å². The summed E-state index contributed by atoms with van der Waals surface area (Å²) in [6.45, 7) is 6.00. The Morgan fingerprint density at radius 3 is 2.54 bits per heavy atom. The average molecular weight is 362 g/mol. The third-order valence-corrected chi connectivity index (χ3v) is 5.28. The molecule has 142 valence electrons. The number of benzene rings is 1. The molecule has 0 bridgehead atoms. The monoisotopic (exact) mass is 362 g/mol. The van der Waals surface area contributed by atoms with Gasteiger partial charge in [0.15, 0.2) is 0 Å². The molecule has 26 heavy (non-hydrogen) atoms. The van der Waals surface area contributed by atoms with Crippen LogP contribution in [0.25, 0.3) is 0 Å². The number of hydrogen-bond donors (Lipinski definition) is 1. The van der Waals surface area contributed by atoms with E-state index < -0.39 is 0 Å². The molecule has 0 unspecified atom stereocenters. The summed E-state index contributed by atoms with van der Waals surface area (Å²) in [5, 5.41) is 2.79. The van der Waals surface area contributed by atoms with Crippen molar-refractivity contribution in [1.82, 2.24) is 14.7 Å². The molecule has 2 aliphatic rings. The first kappa shape index (κ1) is 18.6. The van der Waals surface area contributed by atoms with Crippen LogP contribution in [-0.2, 0) is 4.79 Å². The third-order valence-electron chi connectivity index (χ3n) is 5.28. The molecule has 0 spiro atoms. The highest BCUT2D eigenvalue weighted by molar-refractivity contribution is 5.93. The zero-order chi connectivity index (χ0) is 18.7. The van der Waals surface area contributed by atoms with Crippen LogP contribution in [-0.4, -0.2) is 73.0 Å². The molecule has 0 radical (unpaired) electrons. The number of amides is 3. The van der Waals surface area contributed by atoms with Gasteiger partial charge in [0, 0.05) is 45.0 Å². The van der Waals surface area contributed by atoms with Crippen LogP contribution in [0.2, 0.25) is 0 Å². The van der Waals surface area contributed by atoms with Gasteiger partial charge in [0.25, 0.3) is 0 Å². The third kappa shape index (κ3) is 4.33. The topological polar surface area (TPSA) is 55.9 Å². The highest BCUT2D eigenvalue weighted by Gasteiger charge is 2.31. The van der Waals surface area contributed by atoms with Crippen LogP contribution >= 0.6 is 0 Å². The first-order chi connectivity index (χ1) is 12.4. The molecule has 2 heterocycles. The maximum Gasteiger partial charge on any atom is 0.320 e. The molecule has 2 aliphatic heterocycles. The van der Waals surface area contributed by atoms with Crippen molar-refractivity contribution in [3.63, 3.8) is 0 Å². The van der Waals surface area contributed by atoms with Crippen molar-refractivity contribution >= 4 is 17.6 Å². The summed E-state index contributed by atoms with van der Waals surface area (Å²) in [7, 11) is 2.05. The quantitative estimate of drug-likeness (QED) is 0.877. The maximum absolute atomic E-state index is 13.7. The SMILES string of the molecule is Cc1ccc(NC(=O)[C@H]2CCCN(C(=O)N3CCN(C)CC3)C2)cc1F. The Kier molecular flexibility index (Phi) is 5.76. The summed E-state index contributed by atoms with van der Waals surface area (Å²) >= 11 is 0. The number of aryl methyl sites for hydroxylation is 1. The van der Waals surface area contributed by atoms with Crippen molar-refractivity contribution in [3.05, 3.63) is 29.6 Å². The summed E-state index contributed by atoms with van der Waals surface area (Å²) in [5.41, 5.74) is 1.00. The maximum atomic E-state index is 13.7. The number of halogens is 1. The second kappa shape index (κ2) is 8.03. The van der Waals surface area contributed by atoms with Gasteiger partial charge in [-0.1, -0.05) is 6.07 Å². The molecule has 0 aliphatic carbocycles. The molecular formula is C19H27FN4O2. The lowest BCUT2D eigenvalue weighted by Crippen LogP contribution is -2.54. The van der Waals surface area contributed by atoms with E-state index in [-0.39, 0.29) is 23.7 Å². The van der Waals surface area contributed by atoms with Crippen LogP contribution in [0.15, 0.2) is 18.2 Å². The minimum atomic E-state index is -0.335. The van der Waals surface area contributed by atoms with Gasteiger partial charge in [-0.3, -0.25) is 4.79 Å². The molecule has 1 aromatic rings. The predicted octanol–water partition coefficient (Wildman–Crippen LogP) is 2.15. The van der Waals surface area contributed by atoms with Gasteiger partial charge in [-0.25, -0.2) is 9.18 Å². The van der Waals surface area contributed by atoms with Crippen molar-refractivity contribution in [2.24, 2.45) is 5.92 Å². The van der Waals surface area contributed by atoms with Crippen molar-refractivity contribution < 1.29 is 14.0 Å². The molecule has 3 rings (SSSR count). The lowest BCUT2D eigenvalue weighted by molar-refractivity contribution is -0.121. The number of urea groups is 1. The van der Waals surface area contributed by atoms with Gasteiger partial charge in [0.05, 0.1) is 5.92 Å². The number of nitrogens with zero attached hydrogens (tertiary/aromatic N) is 3. The second-order valence-corrected chi connectivity index (χ2v) is 7.31. The number of piperazine rings is 1. The largest absolute Gasteiger partial charge is 0.326 e. The predicted molar refractivity (Wildman–Crippen MR) is 98.5 cm³/mol. The van der Waals surface area contributed by atoms with Gasteiger partial charge in [0.1, 0.15) is 5.82 Å². The van der Waals surface area contributed by atoms with E-state index in [0.29, 0.717) is 24.3 Å². The van der Waals surface area contributed by atoms with Crippen LogP contribution in [0, 0.1) is 18.7 Å². The van der Waals surface area contributed by atoms with Crippen molar-refractivity contribution in [3.8, 4) is 0 Å². The Balaban J connectivity index is 1.57. The Hall–Kier alpha value is -2.15. The highest BCUT2D eigenvalue weighted by Crippen LogP contribution is 2.21. The summed E-state index contributed by atoms with van der Waals surface area (Å²) in [6.07, 6.45) is 1.55. The molecule has 1 atom stereocenters. The zero-order valence-corrected chi connectivity index (χ0v) is 15.5. The lowest BCUT2D eigenvalue weighted by Gasteiger charge is -2.39. The van der Waals surface area contributed by atoms with E-state index in [4.69, 9.17) is 0 Å². The summed E-state index contributed by atoms with van der Waals surface area (Å²) < 4.78 is 13.7. The van der Waals surface area contributed by atoms with Crippen molar-refractivity contribution in [2.75, 3.05) is 51.6 Å². The smallest absolute Gasteiger partial charge is 0.320 e. The Bertz CT molecular complexity index is 674. The van der Waals surface area contributed by atoms with Gasteiger partial charge in [-0.2, -0.15) is 0 Å². The molecule has 3 amide bonds. The van der Waals surface area contributed by atoms with Gasteiger partial charge < -0.3 is 20.0 Å². The van der Waals surface area contributed by atoms with E-state index in [1.165, 1.54) is 6.07 Å². The summed E-state index contributed by atoms with van der Waals surface area (Å²) in [4.78, 5) is 31.1. The number of piperidine rings is 1.